The Morgan fingerprint density at radius 3 is 2.71 bits per heavy atom. The van der Waals surface area contributed by atoms with E-state index in [-0.39, 0.29) is 30.8 Å². The number of nitrogens with one attached hydrogen (secondary N) is 1. The van der Waals surface area contributed by atoms with Gasteiger partial charge >= 0.3 is 0 Å². The van der Waals surface area contributed by atoms with Crippen LogP contribution in [-0.2, 0) is 17.8 Å². The van der Waals surface area contributed by atoms with Crippen LogP contribution in [0.4, 0.5) is 10.1 Å². The molecule has 1 heterocycles. The van der Waals surface area contributed by atoms with Crippen molar-refractivity contribution < 1.29 is 18.7 Å². The van der Waals surface area contributed by atoms with E-state index in [9.17, 15) is 14.0 Å². The molecule has 0 saturated carbocycles. The van der Waals surface area contributed by atoms with Gasteiger partial charge in [-0.25, -0.2) is 4.39 Å². The molecule has 0 spiro atoms. The Kier molecular flexibility index (Phi) is 5.98. The zero-order valence-corrected chi connectivity index (χ0v) is 17.2. The Bertz CT molecular complexity index is 1130. The Balaban J connectivity index is 1.43. The van der Waals surface area contributed by atoms with Gasteiger partial charge < -0.3 is 15.0 Å². The van der Waals surface area contributed by atoms with Gasteiger partial charge in [-0.1, -0.05) is 36.4 Å². The fourth-order valence-electron chi connectivity index (χ4n) is 3.72. The van der Waals surface area contributed by atoms with Gasteiger partial charge in [0.05, 0.1) is 0 Å². The normalized spacial score (nSPS) is 13.0. The highest BCUT2D eigenvalue weighted by Crippen LogP contribution is 2.29. The fourth-order valence-corrected chi connectivity index (χ4v) is 3.72. The third-order valence-corrected chi connectivity index (χ3v) is 5.26. The van der Waals surface area contributed by atoms with Gasteiger partial charge in [-0.15, -0.1) is 0 Å². The molecule has 1 N–H and O–H groups in total. The van der Waals surface area contributed by atoms with Crippen molar-refractivity contribution in [1.82, 2.24) is 4.90 Å². The van der Waals surface area contributed by atoms with Crippen molar-refractivity contribution in [1.29, 1.82) is 0 Å². The first-order valence-electron chi connectivity index (χ1n) is 10.1. The number of rotatable bonds is 6. The van der Waals surface area contributed by atoms with Crippen LogP contribution in [0.2, 0.25) is 0 Å². The number of benzene rings is 3. The van der Waals surface area contributed by atoms with Gasteiger partial charge in [-0.3, -0.25) is 9.59 Å². The number of ether oxygens (including phenoxy) is 1. The van der Waals surface area contributed by atoms with Crippen LogP contribution in [0.25, 0.3) is 0 Å². The Labute approximate surface area is 180 Å². The molecule has 2 amide bonds. The molecule has 3 aromatic carbocycles. The standard InChI is InChI=1S/C25H23FN2O3/c1-17-6-4-8-19(14-17)27-24(29)16-31-23-11-5-9-21-20(23)12-13-28(25(21)30)15-18-7-2-3-10-22(18)26/h2-11,14H,12-13,15-16H2,1H3,(H,27,29). The summed E-state index contributed by atoms with van der Waals surface area (Å²) in [6, 6.07) is 19.2. The van der Waals surface area contributed by atoms with Crippen LogP contribution in [-0.4, -0.2) is 29.9 Å². The number of nitrogens with zero attached hydrogens (tertiary/aromatic N) is 1. The second-order valence-electron chi connectivity index (χ2n) is 7.56. The van der Waals surface area contributed by atoms with Crippen LogP contribution >= 0.6 is 0 Å². The SMILES string of the molecule is Cc1cccc(NC(=O)COc2cccc3c2CCN(Cc2ccccc2F)C3=O)c1. The molecule has 0 bridgehead atoms. The highest BCUT2D eigenvalue weighted by atomic mass is 19.1. The second-order valence-corrected chi connectivity index (χ2v) is 7.56. The van der Waals surface area contributed by atoms with E-state index in [0.29, 0.717) is 35.5 Å². The van der Waals surface area contributed by atoms with E-state index in [0.717, 1.165) is 11.1 Å². The van der Waals surface area contributed by atoms with Gasteiger partial charge in [-0.05, 0) is 49.2 Å². The number of amides is 2. The van der Waals surface area contributed by atoms with E-state index < -0.39 is 0 Å². The van der Waals surface area contributed by atoms with Gasteiger partial charge in [0.1, 0.15) is 11.6 Å². The number of carbonyl (C=O) groups is 2. The first kappa shape index (κ1) is 20.6. The Hall–Kier alpha value is -3.67. The van der Waals surface area contributed by atoms with E-state index in [1.54, 1.807) is 41.3 Å². The Morgan fingerprint density at radius 2 is 1.90 bits per heavy atom. The molecule has 0 fully saturated rings. The number of anilines is 1. The monoisotopic (exact) mass is 418 g/mol. The molecule has 0 aliphatic carbocycles. The third kappa shape index (κ3) is 4.74. The lowest BCUT2D eigenvalue weighted by Gasteiger charge is -2.29. The number of aryl methyl sites for hydroxylation is 1. The maximum atomic E-state index is 14.0. The largest absolute Gasteiger partial charge is 0.483 e. The number of carbonyl (C=O) groups excluding carboxylic acids is 2. The molecule has 31 heavy (non-hydrogen) atoms. The van der Waals surface area contributed by atoms with E-state index in [2.05, 4.69) is 5.32 Å². The number of halogens is 1. The van der Waals surface area contributed by atoms with Crippen molar-refractivity contribution in [3.05, 3.63) is 94.8 Å². The minimum Gasteiger partial charge on any atom is -0.483 e. The zero-order valence-electron chi connectivity index (χ0n) is 17.2. The van der Waals surface area contributed by atoms with E-state index in [1.165, 1.54) is 6.07 Å². The molecule has 0 atom stereocenters. The predicted octanol–water partition coefficient (Wildman–Crippen LogP) is 4.35. The zero-order chi connectivity index (χ0) is 21.8. The number of hydrogen-bond donors (Lipinski definition) is 1. The van der Waals surface area contributed by atoms with Crippen LogP contribution in [0.5, 0.6) is 5.75 Å². The summed E-state index contributed by atoms with van der Waals surface area (Å²) in [5.41, 5.74) is 3.55. The maximum Gasteiger partial charge on any atom is 0.262 e. The molecule has 1 aliphatic heterocycles. The quantitative estimate of drug-likeness (QED) is 0.648. The van der Waals surface area contributed by atoms with Gasteiger partial charge in [0.2, 0.25) is 0 Å². The molecule has 0 saturated heterocycles. The van der Waals surface area contributed by atoms with Crippen LogP contribution in [0.15, 0.2) is 66.7 Å². The van der Waals surface area contributed by atoms with Gasteiger partial charge in [-0.2, -0.15) is 0 Å². The van der Waals surface area contributed by atoms with Gasteiger partial charge in [0.15, 0.2) is 6.61 Å². The van der Waals surface area contributed by atoms with Crippen LogP contribution in [0.1, 0.15) is 27.0 Å². The third-order valence-electron chi connectivity index (χ3n) is 5.26. The van der Waals surface area contributed by atoms with E-state index in [1.807, 2.05) is 31.2 Å². The fraction of sp³-hybridized carbons (Fsp3) is 0.200. The summed E-state index contributed by atoms with van der Waals surface area (Å²) in [4.78, 5) is 26.9. The summed E-state index contributed by atoms with van der Waals surface area (Å²) in [5, 5.41) is 2.81. The Morgan fingerprint density at radius 1 is 1.10 bits per heavy atom. The molecular formula is C25H23FN2O3. The minimum atomic E-state index is -0.321. The molecule has 0 unspecified atom stereocenters. The smallest absolute Gasteiger partial charge is 0.262 e. The van der Waals surface area contributed by atoms with Crippen LogP contribution < -0.4 is 10.1 Å². The summed E-state index contributed by atoms with van der Waals surface area (Å²) < 4.78 is 19.7. The van der Waals surface area contributed by atoms with Crippen molar-refractivity contribution in [2.24, 2.45) is 0 Å². The molecule has 0 radical (unpaired) electrons. The van der Waals surface area contributed by atoms with Crippen molar-refractivity contribution in [2.75, 3.05) is 18.5 Å². The maximum absolute atomic E-state index is 14.0. The van der Waals surface area contributed by atoms with Crippen molar-refractivity contribution in [3.63, 3.8) is 0 Å². The molecular weight excluding hydrogens is 395 g/mol. The molecule has 6 heteroatoms. The molecule has 4 rings (SSSR count). The van der Waals surface area contributed by atoms with Gasteiger partial charge in [0.25, 0.3) is 11.8 Å². The van der Waals surface area contributed by atoms with E-state index in [4.69, 9.17) is 4.74 Å². The lowest BCUT2D eigenvalue weighted by Crippen LogP contribution is -2.37. The summed E-state index contributed by atoms with van der Waals surface area (Å²) in [6.45, 7) is 2.47. The first-order valence-corrected chi connectivity index (χ1v) is 10.1. The summed E-state index contributed by atoms with van der Waals surface area (Å²) >= 11 is 0. The summed E-state index contributed by atoms with van der Waals surface area (Å²) in [6.07, 6.45) is 0.575. The van der Waals surface area contributed by atoms with Crippen molar-refractivity contribution >= 4 is 17.5 Å². The first-order chi connectivity index (χ1) is 15.0. The highest BCUT2D eigenvalue weighted by molar-refractivity contribution is 5.97. The van der Waals surface area contributed by atoms with Crippen LogP contribution in [0.3, 0.4) is 0 Å². The predicted molar refractivity (Wildman–Crippen MR) is 117 cm³/mol. The molecule has 5 nitrogen and oxygen atoms in total. The number of hydrogen-bond acceptors (Lipinski definition) is 3. The number of fused-ring (bicyclic) bond motifs is 1. The molecule has 1 aliphatic rings. The molecule has 0 aromatic heterocycles. The minimum absolute atomic E-state index is 0.155. The summed E-state index contributed by atoms with van der Waals surface area (Å²) in [5.74, 6) is -0.237. The summed E-state index contributed by atoms with van der Waals surface area (Å²) in [7, 11) is 0. The molecule has 3 aromatic rings. The van der Waals surface area contributed by atoms with Gasteiger partial charge in [0, 0.05) is 35.5 Å². The average Bonchev–Trinajstić information content (AvgIpc) is 2.76. The van der Waals surface area contributed by atoms with E-state index >= 15 is 0 Å². The average molecular weight is 418 g/mol. The molecule has 158 valence electrons. The lowest BCUT2D eigenvalue weighted by molar-refractivity contribution is -0.118. The van der Waals surface area contributed by atoms with Crippen molar-refractivity contribution in [2.45, 2.75) is 19.9 Å². The highest BCUT2D eigenvalue weighted by Gasteiger charge is 2.27. The second kappa shape index (κ2) is 9.00. The lowest BCUT2D eigenvalue weighted by atomic mass is 9.97. The van der Waals surface area contributed by atoms with Crippen molar-refractivity contribution in [3.8, 4) is 5.75 Å². The topological polar surface area (TPSA) is 58.6 Å². The van der Waals surface area contributed by atoms with Crippen LogP contribution in [0, 0.1) is 12.7 Å².